The van der Waals surface area contributed by atoms with E-state index < -0.39 is 0 Å². The molecule has 0 atom stereocenters. The Bertz CT molecular complexity index is 1860. The quantitative estimate of drug-likeness (QED) is 0.207. The third-order valence-corrected chi connectivity index (χ3v) is 8.66. The molecule has 6 aromatic rings. The minimum Gasteiger partial charge on any atom is -0.403 e. The van der Waals surface area contributed by atoms with E-state index in [1.165, 1.54) is 16.3 Å². The third-order valence-electron chi connectivity index (χ3n) is 8.66. The zero-order valence-electron chi connectivity index (χ0n) is 24.0. The van der Waals surface area contributed by atoms with Crippen LogP contribution in [0.2, 0.25) is 0 Å². The van der Waals surface area contributed by atoms with Gasteiger partial charge in [-0.1, -0.05) is 109 Å². The molecule has 7 rings (SSSR count). The highest BCUT2D eigenvalue weighted by molar-refractivity contribution is 6.45. The Kier molecular flexibility index (Phi) is 6.11. The monoisotopic (exact) mass is 536 g/mol. The number of rotatable bonds is 5. The molecule has 1 fully saturated rings. The van der Waals surface area contributed by atoms with Gasteiger partial charge in [0.05, 0.1) is 22.4 Å². The molecule has 0 spiro atoms. The fourth-order valence-electron chi connectivity index (χ4n) is 5.87. The summed E-state index contributed by atoms with van der Waals surface area (Å²) >= 11 is 0. The summed E-state index contributed by atoms with van der Waals surface area (Å²) in [6, 6.07) is 40.6. The number of fused-ring (bicyclic) bond motifs is 3. The predicted octanol–water partition coefficient (Wildman–Crippen LogP) is 8.66. The molecule has 4 nitrogen and oxygen atoms in total. The molecule has 0 saturated carbocycles. The summed E-state index contributed by atoms with van der Waals surface area (Å²) in [6.45, 7) is 8.40. The lowest BCUT2D eigenvalue weighted by Crippen LogP contribution is -2.41. The number of nitrogens with zero attached hydrogens (tertiary/aromatic N) is 2. The summed E-state index contributed by atoms with van der Waals surface area (Å²) in [5.41, 5.74) is 8.07. The Labute approximate surface area is 241 Å². The maximum atomic E-state index is 6.35. The first-order valence-corrected chi connectivity index (χ1v) is 14.3. The van der Waals surface area contributed by atoms with Crippen LogP contribution in [-0.4, -0.2) is 27.9 Å². The standard InChI is InChI=1S/C36H33BN2O2/c1-35(2)36(3,4)41-37(40-35)24-25-14-13-20-29(22-25)32-33(27-17-9-6-10-18-27)38-39-31(26-15-7-5-8-16-26)23-28-19-11-12-21-30(28)34(32)39/h5-23H,24H2,1-4H3. The van der Waals surface area contributed by atoms with Gasteiger partial charge in [0.15, 0.2) is 0 Å². The molecule has 3 heterocycles. The van der Waals surface area contributed by atoms with Crippen LogP contribution in [0.4, 0.5) is 0 Å². The van der Waals surface area contributed by atoms with E-state index in [2.05, 4.69) is 147 Å². The van der Waals surface area contributed by atoms with Crippen LogP contribution < -0.4 is 0 Å². The molecule has 0 N–H and O–H groups in total. The molecule has 0 radical (unpaired) electrons. The summed E-state index contributed by atoms with van der Waals surface area (Å²) in [4.78, 5) is 0. The van der Waals surface area contributed by atoms with E-state index in [0.29, 0.717) is 6.32 Å². The molecule has 4 aromatic carbocycles. The van der Waals surface area contributed by atoms with E-state index in [1.807, 2.05) is 0 Å². The number of benzene rings is 4. The Morgan fingerprint density at radius 3 is 1.98 bits per heavy atom. The van der Waals surface area contributed by atoms with Gasteiger partial charge in [-0.15, -0.1) is 0 Å². The van der Waals surface area contributed by atoms with Crippen molar-refractivity contribution in [3.63, 3.8) is 0 Å². The first-order valence-electron chi connectivity index (χ1n) is 14.3. The zero-order chi connectivity index (χ0) is 28.2. The molecule has 1 aliphatic rings. The maximum Gasteiger partial charge on any atom is 0.462 e. The minimum absolute atomic E-state index is 0.293. The van der Waals surface area contributed by atoms with E-state index in [9.17, 15) is 0 Å². The fourth-order valence-corrected chi connectivity index (χ4v) is 5.87. The van der Waals surface area contributed by atoms with Gasteiger partial charge in [0.25, 0.3) is 0 Å². The lowest BCUT2D eigenvalue weighted by molar-refractivity contribution is 0.00578. The Morgan fingerprint density at radius 1 is 0.659 bits per heavy atom. The molecule has 1 aliphatic heterocycles. The summed E-state index contributed by atoms with van der Waals surface area (Å²) < 4.78 is 14.8. The second-order valence-corrected chi connectivity index (χ2v) is 11.9. The van der Waals surface area contributed by atoms with Crippen LogP contribution in [0.1, 0.15) is 33.3 Å². The van der Waals surface area contributed by atoms with Crippen LogP contribution in [0.5, 0.6) is 0 Å². The lowest BCUT2D eigenvalue weighted by atomic mass is 9.80. The van der Waals surface area contributed by atoms with Gasteiger partial charge in [0.2, 0.25) is 0 Å². The Morgan fingerprint density at radius 2 is 1.27 bits per heavy atom. The largest absolute Gasteiger partial charge is 0.462 e. The van der Waals surface area contributed by atoms with Gasteiger partial charge in [0, 0.05) is 28.4 Å². The molecule has 1 saturated heterocycles. The van der Waals surface area contributed by atoms with Crippen molar-refractivity contribution in [2.45, 2.75) is 45.2 Å². The molecule has 202 valence electrons. The molecule has 0 unspecified atom stereocenters. The smallest absolute Gasteiger partial charge is 0.403 e. The van der Waals surface area contributed by atoms with Gasteiger partial charge < -0.3 is 9.31 Å². The maximum absolute atomic E-state index is 6.35. The highest BCUT2D eigenvalue weighted by Gasteiger charge is 2.50. The Balaban J connectivity index is 1.46. The highest BCUT2D eigenvalue weighted by atomic mass is 16.7. The average molecular weight is 536 g/mol. The third kappa shape index (κ3) is 4.46. The molecular weight excluding hydrogens is 503 g/mol. The number of aromatic nitrogens is 2. The van der Waals surface area contributed by atoms with Crippen molar-refractivity contribution in [2.24, 2.45) is 0 Å². The van der Waals surface area contributed by atoms with Crippen molar-refractivity contribution in [3.8, 4) is 33.6 Å². The van der Waals surface area contributed by atoms with Crippen LogP contribution in [0.3, 0.4) is 0 Å². The van der Waals surface area contributed by atoms with E-state index in [-0.39, 0.29) is 18.3 Å². The molecule has 41 heavy (non-hydrogen) atoms. The van der Waals surface area contributed by atoms with Gasteiger partial charge >= 0.3 is 7.12 Å². The van der Waals surface area contributed by atoms with Crippen molar-refractivity contribution < 1.29 is 9.31 Å². The molecule has 0 amide bonds. The summed E-state index contributed by atoms with van der Waals surface area (Å²) in [5.74, 6) is 0. The van der Waals surface area contributed by atoms with E-state index >= 15 is 0 Å². The first-order chi connectivity index (χ1) is 19.8. The number of pyridine rings is 1. The van der Waals surface area contributed by atoms with E-state index in [0.717, 1.165) is 39.2 Å². The van der Waals surface area contributed by atoms with Gasteiger partial charge in [0.1, 0.15) is 5.69 Å². The van der Waals surface area contributed by atoms with Crippen LogP contribution in [0, 0.1) is 0 Å². The second-order valence-electron chi connectivity index (χ2n) is 11.9. The number of hydrogen-bond donors (Lipinski definition) is 0. The zero-order valence-corrected chi connectivity index (χ0v) is 24.0. The summed E-state index contributed by atoms with van der Waals surface area (Å²) in [6.07, 6.45) is 0.677. The van der Waals surface area contributed by atoms with Crippen molar-refractivity contribution in [2.75, 3.05) is 0 Å². The lowest BCUT2D eigenvalue weighted by Gasteiger charge is -2.32. The van der Waals surface area contributed by atoms with Crippen LogP contribution >= 0.6 is 0 Å². The van der Waals surface area contributed by atoms with Crippen LogP contribution in [0.15, 0.2) is 115 Å². The first kappa shape index (κ1) is 25.8. The fraction of sp³-hybridized carbons (Fsp3) is 0.194. The SMILES string of the molecule is CC1(C)OB(Cc2cccc(-c3c(-c4ccccc4)nn4c(-c5ccccc5)cc5ccccc5c34)c2)OC1(C)C. The Hall–Kier alpha value is -4.19. The highest BCUT2D eigenvalue weighted by Crippen LogP contribution is 2.42. The average Bonchev–Trinajstić information content (AvgIpc) is 3.47. The van der Waals surface area contributed by atoms with Crippen LogP contribution in [-0.2, 0) is 15.6 Å². The molecule has 2 aromatic heterocycles. The summed E-state index contributed by atoms with van der Waals surface area (Å²) in [5, 5.41) is 7.69. The van der Waals surface area contributed by atoms with E-state index in [4.69, 9.17) is 14.4 Å². The predicted molar refractivity (Wildman–Crippen MR) is 169 cm³/mol. The van der Waals surface area contributed by atoms with Crippen molar-refractivity contribution in [3.05, 3.63) is 121 Å². The number of hydrogen-bond acceptors (Lipinski definition) is 3. The van der Waals surface area contributed by atoms with Gasteiger partial charge in [-0.25, -0.2) is 4.52 Å². The normalized spacial score (nSPS) is 16.0. The second kappa shape index (κ2) is 9.72. The van der Waals surface area contributed by atoms with Crippen molar-refractivity contribution >= 4 is 23.4 Å². The summed E-state index contributed by atoms with van der Waals surface area (Å²) in [7, 11) is -0.293. The topological polar surface area (TPSA) is 35.8 Å². The van der Waals surface area contributed by atoms with Gasteiger partial charge in [-0.3, -0.25) is 0 Å². The molecule has 0 bridgehead atoms. The van der Waals surface area contributed by atoms with Gasteiger partial charge in [-0.2, -0.15) is 5.10 Å². The molecule has 0 aliphatic carbocycles. The molecular formula is C36H33BN2O2. The van der Waals surface area contributed by atoms with Gasteiger partial charge in [-0.05, 0) is 50.3 Å². The minimum atomic E-state index is -0.356. The van der Waals surface area contributed by atoms with Crippen molar-refractivity contribution in [1.29, 1.82) is 0 Å². The van der Waals surface area contributed by atoms with Crippen LogP contribution in [0.25, 0.3) is 49.9 Å². The van der Waals surface area contributed by atoms with Crippen molar-refractivity contribution in [1.82, 2.24) is 9.61 Å². The molecule has 5 heteroatoms. The van der Waals surface area contributed by atoms with E-state index in [1.54, 1.807) is 0 Å².